The topological polar surface area (TPSA) is 78.8 Å². The summed E-state index contributed by atoms with van der Waals surface area (Å²) >= 11 is 0. The second kappa shape index (κ2) is 9.46. The average molecular weight is 326 g/mol. The van der Waals surface area contributed by atoms with Crippen molar-refractivity contribution in [3.05, 3.63) is 29.8 Å². The zero-order valence-corrected chi connectivity index (χ0v) is 14.2. The Morgan fingerprint density at radius 2 is 1.86 bits per heavy atom. The Kier molecular flexibility index (Phi) is 7.95. The number of unbranched alkanes of at least 4 members (excludes halogenated alkanes) is 5. The molecule has 0 atom stereocenters. The maximum atomic E-state index is 12.0. The minimum atomic E-state index is -3.33. The highest BCUT2D eigenvalue weighted by atomic mass is 32.2. The van der Waals surface area contributed by atoms with Crippen LogP contribution in [0.1, 0.15) is 57.9 Å². The molecule has 0 saturated carbocycles. The van der Waals surface area contributed by atoms with Crippen molar-refractivity contribution < 1.29 is 13.6 Å². The van der Waals surface area contributed by atoms with Crippen LogP contribution in [-0.2, 0) is 10.0 Å². The van der Waals surface area contributed by atoms with Gasteiger partial charge in [-0.05, 0) is 25.5 Å². The van der Waals surface area contributed by atoms with Crippen LogP contribution in [0, 0.1) is 0 Å². The minimum absolute atomic E-state index is 0.135. The number of anilines is 1. The van der Waals surface area contributed by atoms with Gasteiger partial charge in [0.15, 0.2) is 0 Å². The standard InChI is InChI=1S/C16H26N2O3S/c1-3-4-5-6-7-8-12-22(20,21)18-16-11-9-10-15(13-16)14(2)17-19/h9-11,13,18-19H,3-8,12H2,1-2H3/b17-14-. The van der Waals surface area contributed by atoms with Gasteiger partial charge in [-0.3, -0.25) is 4.72 Å². The quantitative estimate of drug-likeness (QED) is 0.295. The molecule has 0 aliphatic carbocycles. The van der Waals surface area contributed by atoms with Crippen LogP contribution < -0.4 is 4.72 Å². The third kappa shape index (κ3) is 6.93. The lowest BCUT2D eigenvalue weighted by Crippen LogP contribution is -2.17. The third-order valence-electron chi connectivity index (χ3n) is 3.47. The van der Waals surface area contributed by atoms with Crippen LogP contribution in [0.15, 0.2) is 29.4 Å². The van der Waals surface area contributed by atoms with Gasteiger partial charge in [0.2, 0.25) is 10.0 Å². The first-order valence-electron chi connectivity index (χ1n) is 7.78. The summed E-state index contributed by atoms with van der Waals surface area (Å²) in [6.45, 7) is 3.82. The lowest BCUT2D eigenvalue weighted by atomic mass is 10.1. The first kappa shape index (κ1) is 18.5. The Balaban J connectivity index is 2.51. The molecule has 124 valence electrons. The van der Waals surface area contributed by atoms with E-state index in [1.165, 1.54) is 19.3 Å². The van der Waals surface area contributed by atoms with Crippen molar-refractivity contribution >= 4 is 21.4 Å². The molecule has 0 unspecified atom stereocenters. The summed E-state index contributed by atoms with van der Waals surface area (Å²) in [6, 6.07) is 6.84. The predicted molar refractivity (Wildman–Crippen MR) is 91.2 cm³/mol. The molecule has 0 aliphatic rings. The molecule has 0 saturated heterocycles. The lowest BCUT2D eigenvalue weighted by molar-refractivity contribution is 0.319. The number of hydrogen-bond acceptors (Lipinski definition) is 4. The fraction of sp³-hybridized carbons (Fsp3) is 0.562. The Morgan fingerprint density at radius 1 is 1.18 bits per heavy atom. The van der Waals surface area contributed by atoms with E-state index in [-0.39, 0.29) is 5.75 Å². The van der Waals surface area contributed by atoms with Crippen molar-refractivity contribution in [3.63, 3.8) is 0 Å². The van der Waals surface area contributed by atoms with Gasteiger partial charge >= 0.3 is 0 Å². The molecule has 2 N–H and O–H groups in total. The fourth-order valence-corrected chi connectivity index (χ4v) is 3.34. The first-order chi connectivity index (χ1) is 10.5. The molecule has 0 aliphatic heterocycles. The van der Waals surface area contributed by atoms with Crippen molar-refractivity contribution in [1.29, 1.82) is 0 Å². The maximum absolute atomic E-state index is 12.0. The number of hydrogen-bond donors (Lipinski definition) is 2. The summed E-state index contributed by atoms with van der Waals surface area (Å²) in [5.41, 5.74) is 1.62. The molecule has 6 heteroatoms. The average Bonchev–Trinajstić information content (AvgIpc) is 2.49. The summed E-state index contributed by atoms with van der Waals surface area (Å²) < 4.78 is 26.7. The predicted octanol–water partition coefficient (Wildman–Crippen LogP) is 3.99. The molecule has 1 rings (SSSR count). The van der Waals surface area contributed by atoms with Crippen molar-refractivity contribution in [2.45, 2.75) is 52.4 Å². The Labute approximate surface area is 133 Å². The molecular weight excluding hydrogens is 300 g/mol. The van der Waals surface area contributed by atoms with Gasteiger partial charge in [-0.1, -0.05) is 56.3 Å². The smallest absolute Gasteiger partial charge is 0.232 e. The molecule has 0 fully saturated rings. The zero-order chi connectivity index (χ0) is 16.4. The van der Waals surface area contributed by atoms with Crippen LogP contribution in [0.3, 0.4) is 0 Å². The number of sulfonamides is 1. The number of benzene rings is 1. The van der Waals surface area contributed by atoms with E-state index in [0.29, 0.717) is 23.4 Å². The van der Waals surface area contributed by atoms with E-state index in [1.54, 1.807) is 31.2 Å². The normalized spacial score (nSPS) is 12.4. The molecule has 0 aromatic heterocycles. The van der Waals surface area contributed by atoms with Crippen molar-refractivity contribution in [2.24, 2.45) is 5.16 Å². The highest BCUT2D eigenvalue weighted by Crippen LogP contribution is 2.14. The summed E-state index contributed by atoms with van der Waals surface area (Å²) in [7, 11) is -3.33. The van der Waals surface area contributed by atoms with E-state index < -0.39 is 10.0 Å². The third-order valence-corrected chi connectivity index (χ3v) is 4.84. The van der Waals surface area contributed by atoms with Crippen molar-refractivity contribution in [1.82, 2.24) is 0 Å². The first-order valence-corrected chi connectivity index (χ1v) is 9.43. The highest BCUT2D eigenvalue weighted by Gasteiger charge is 2.10. The molecule has 0 spiro atoms. The zero-order valence-electron chi connectivity index (χ0n) is 13.4. The van der Waals surface area contributed by atoms with Gasteiger partial charge in [0.25, 0.3) is 0 Å². The van der Waals surface area contributed by atoms with Crippen LogP contribution in [0.2, 0.25) is 0 Å². The van der Waals surface area contributed by atoms with Gasteiger partial charge in [0.05, 0.1) is 11.5 Å². The Hall–Kier alpha value is -1.56. The van der Waals surface area contributed by atoms with E-state index in [2.05, 4.69) is 16.8 Å². The number of rotatable bonds is 10. The molecule has 0 amide bonds. The second-order valence-corrected chi connectivity index (χ2v) is 7.30. The van der Waals surface area contributed by atoms with E-state index in [0.717, 1.165) is 12.8 Å². The van der Waals surface area contributed by atoms with Gasteiger partial charge in [-0.15, -0.1) is 0 Å². The second-order valence-electron chi connectivity index (χ2n) is 5.45. The lowest BCUT2D eigenvalue weighted by Gasteiger charge is -2.09. The van der Waals surface area contributed by atoms with Crippen molar-refractivity contribution in [2.75, 3.05) is 10.5 Å². The van der Waals surface area contributed by atoms with Crippen LogP contribution in [0.4, 0.5) is 5.69 Å². The van der Waals surface area contributed by atoms with E-state index in [4.69, 9.17) is 5.21 Å². The molecule has 0 radical (unpaired) electrons. The fourth-order valence-electron chi connectivity index (χ4n) is 2.17. The van der Waals surface area contributed by atoms with Crippen LogP contribution in [0.25, 0.3) is 0 Å². The molecular formula is C16H26N2O3S. The number of nitrogens with one attached hydrogen (secondary N) is 1. The van der Waals surface area contributed by atoms with Crippen LogP contribution in [0.5, 0.6) is 0 Å². The molecule has 1 aromatic rings. The van der Waals surface area contributed by atoms with Crippen LogP contribution in [-0.4, -0.2) is 25.1 Å². The van der Waals surface area contributed by atoms with Gasteiger partial charge in [0, 0.05) is 11.3 Å². The summed E-state index contributed by atoms with van der Waals surface area (Å²) in [5, 5.41) is 11.9. The molecule has 1 aromatic carbocycles. The minimum Gasteiger partial charge on any atom is -0.411 e. The molecule has 0 heterocycles. The van der Waals surface area contributed by atoms with Gasteiger partial charge in [-0.2, -0.15) is 0 Å². The number of nitrogens with zero attached hydrogens (tertiary/aromatic N) is 1. The van der Waals surface area contributed by atoms with Crippen molar-refractivity contribution in [3.8, 4) is 0 Å². The largest absolute Gasteiger partial charge is 0.411 e. The monoisotopic (exact) mass is 326 g/mol. The van der Waals surface area contributed by atoms with Gasteiger partial charge in [0.1, 0.15) is 0 Å². The van der Waals surface area contributed by atoms with Gasteiger partial charge < -0.3 is 5.21 Å². The van der Waals surface area contributed by atoms with Gasteiger partial charge in [-0.25, -0.2) is 8.42 Å². The molecule has 22 heavy (non-hydrogen) atoms. The highest BCUT2D eigenvalue weighted by molar-refractivity contribution is 7.92. The van der Waals surface area contributed by atoms with Crippen LogP contribution >= 0.6 is 0 Å². The Morgan fingerprint density at radius 3 is 2.55 bits per heavy atom. The summed E-state index contributed by atoms with van der Waals surface area (Å²) in [4.78, 5) is 0. The molecule has 0 bridgehead atoms. The maximum Gasteiger partial charge on any atom is 0.232 e. The molecule has 5 nitrogen and oxygen atoms in total. The SMILES string of the molecule is CCCCCCCCS(=O)(=O)Nc1cccc(/C(C)=N\O)c1. The number of oxime groups is 1. The van der Waals surface area contributed by atoms with E-state index in [9.17, 15) is 8.42 Å². The summed E-state index contributed by atoms with van der Waals surface area (Å²) in [5.74, 6) is 0.135. The summed E-state index contributed by atoms with van der Waals surface area (Å²) in [6.07, 6.45) is 6.28. The van der Waals surface area contributed by atoms with E-state index in [1.807, 2.05) is 0 Å². The van der Waals surface area contributed by atoms with E-state index >= 15 is 0 Å². The Bertz CT molecular complexity index is 583.